The van der Waals surface area contributed by atoms with E-state index < -0.39 is 23.5 Å². The van der Waals surface area contributed by atoms with Crippen LogP contribution in [0.25, 0.3) is 22.2 Å². The Kier molecular flexibility index (Phi) is 5.00. The highest BCUT2D eigenvalue weighted by Crippen LogP contribution is 2.32. The Hall–Kier alpha value is -3.29. The van der Waals surface area contributed by atoms with Crippen molar-refractivity contribution in [1.29, 1.82) is 0 Å². The highest BCUT2D eigenvalue weighted by atomic mass is 19.2. The van der Waals surface area contributed by atoms with Crippen molar-refractivity contribution in [2.75, 3.05) is 6.54 Å². The van der Waals surface area contributed by atoms with Gasteiger partial charge in [-0.15, -0.1) is 0 Å². The number of aromatic nitrogens is 1. The fourth-order valence-corrected chi connectivity index (χ4v) is 3.60. The molecule has 1 aromatic heterocycles. The molecule has 1 aliphatic rings. The van der Waals surface area contributed by atoms with Crippen LogP contribution in [0, 0.1) is 17.5 Å². The van der Waals surface area contributed by atoms with Crippen LogP contribution >= 0.6 is 0 Å². The third-order valence-corrected chi connectivity index (χ3v) is 5.07. The Morgan fingerprint density at radius 3 is 2.52 bits per heavy atom. The standard InChI is InChI=1S/C21H18F3N3O2/c22-12-3-1-11(2-4-12)20-13(14-9-15(23)16(24)10-18(14)27-20)5-6-19(28)26-17-7-8-25-21(17)29/h1-4,9-10,17,27H,5-8H2,(H,25,29)(H,26,28). The molecule has 8 heteroatoms. The summed E-state index contributed by atoms with van der Waals surface area (Å²) in [6.45, 7) is 0.520. The van der Waals surface area contributed by atoms with Crippen molar-refractivity contribution < 1.29 is 22.8 Å². The zero-order chi connectivity index (χ0) is 20.5. The molecule has 1 unspecified atom stereocenters. The Morgan fingerprint density at radius 2 is 1.83 bits per heavy atom. The number of carbonyl (C=O) groups excluding carboxylic acids is 2. The first-order chi connectivity index (χ1) is 13.9. The van der Waals surface area contributed by atoms with Gasteiger partial charge in [0.05, 0.1) is 0 Å². The summed E-state index contributed by atoms with van der Waals surface area (Å²) in [5.41, 5.74) is 2.20. The number of halogens is 3. The van der Waals surface area contributed by atoms with Gasteiger partial charge in [0.25, 0.3) is 0 Å². The van der Waals surface area contributed by atoms with Gasteiger partial charge in [0.1, 0.15) is 11.9 Å². The number of benzene rings is 2. The number of rotatable bonds is 5. The molecule has 1 fully saturated rings. The molecular formula is C21H18F3N3O2. The van der Waals surface area contributed by atoms with Crippen molar-refractivity contribution >= 4 is 22.7 Å². The molecule has 5 nitrogen and oxygen atoms in total. The van der Waals surface area contributed by atoms with E-state index in [4.69, 9.17) is 0 Å². The third kappa shape index (κ3) is 3.83. The maximum atomic E-state index is 13.8. The van der Waals surface area contributed by atoms with Gasteiger partial charge in [0.15, 0.2) is 11.6 Å². The summed E-state index contributed by atoms with van der Waals surface area (Å²) in [6.07, 6.45) is 0.824. The van der Waals surface area contributed by atoms with Crippen molar-refractivity contribution in [3.05, 3.63) is 59.4 Å². The van der Waals surface area contributed by atoms with Gasteiger partial charge in [0, 0.05) is 35.6 Å². The van der Waals surface area contributed by atoms with Gasteiger partial charge < -0.3 is 15.6 Å². The summed E-state index contributed by atoms with van der Waals surface area (Å²) >= 11 is 0. The molecular weight excluding hydrogens is 383 g/mol. The Bertz CT molecular complexity index is 1090. The van der Waals surface area contributed by atoms with Crippen LogP contribution in [0.5, 0.6) is 0 Å². The molecule has 0 saturated carbocycles. The molecule has 2 heterocycles. The smallest absolute Gasteiger partial charge is 0.242 e. The molecule has 29 heavy (non-hydrogen) atoms. The molecule has 1 atom stereocenters. The minimum absolute atomic E-state index is 0.0594. The van der Waals surface area contributed by atoms with E-state index in [9.17, 15) is 22.8 Å². The largest absolute Gasteiger partial charge is 0.354 e. The quantitative estimate of drug-likeness (QED) is 0.614. The van der Waals surface area contributed by atoms with Crippen LogP contribution in [0.3, 0.4) is 0 Å². The van der Waals surface area contributed by atoms with Crippen molar-refractivity contribution in [2.24, 2.45) is 0 Å². The van der Waals surface area contributed by atoms with Gasteiger partial charge >= 0.3 is 0 Å². The van der Waals surface area contributed by atoms with Crippen LogP contribution in [0.1, 0.15) is 18.4 Å². The lowest BCUT2D eigenvalue weighted by molar-refractivity contribution is -0.127. The number of aromatic amines is 1. The third-order valence-electron chi connectivity index (χ3n) is 5.07. The van der Waals surface area contributed by atoms with Gasteiger partial charge in [-0.1, -0.05) is 0 Å². The zero-order valence-corrected chi connectivity index (χ0v) is 15.3. The Labute approximate surface area is 164 Å². The Balaban J connectivity index is 1.64. The lowest BCUT2D eigenvalue weighted by Gasteiger charge is -2.10. The van der Waals surface area contributed by atoms with Crippen LogP contribution in [0.15, 0.2) is 36.4 Å². The first-order valence-corrected chi connectivity index (χ1v) is 9.25. The Morgan fingerprint density at radius 1 is 1.10 bits per heavy atom. The number of hydrogen-bond acceptors (Lipinski definition) is 2. The zero-order valence-electron chi connectivity index (χ0n) is 15.3. The fourth-order valence-electron chi connectivity index (χ4n) is 3.60. The molecule has 1 saturated heterocycles. The van der Waals surface area contributed by atoms with E-state index in [0.29, 0.717) is 40.7 Å². The van der Waals surface area contributed by atoms with Gasteiger partial charge in [-0.2, -0.15) is 0 Å². The van der Waals surface area contributed by atoms with Gasteiger partial charge in [-0.3, -0.25) is 9.59 Å². The first-order valence-electron chi connectivity index (χ1n) is 9.25. The van der Waals surface area contributed by atoms with Gasteiger partial charge in [0.2, 0.25) is 11.8 Å². The summed E-state index contributed by atoms with van der Waals surface area (Å²) in [5.74, 6) is -2.90. The predicted molar refractivity (Wildman–Crippen MR) is 101 cm³/mol. The van der Waals surface area contributed by atoms with E-state index in [1.165, 1.54) is 12.1 Å². The molecule has 0 radical (unpaired) electrons. The van der Waals surface area contributed by atoms with E-state index in [1.54, 1.807) is 12.1 Å². The van der Waals surface area contributed by atoms with Crippen molar-refractivity contribution in [1.82, 2.24) is 15.6 Å². The number of nitrogens with one attached hydrogen (secondary N) is 3. The summed E-state index contributed by atoms with van der Waals surface area (Å²) in [5, 5.41) is 5.78. The second-order valence-electron chi connectivity index (χ2n) is 7.00. The minimum atomic E-state index is -0.990. The second-order valence-corrected chi connectivity index (χ2v) is 7.00. The minimum Gasteiger partial charge on any atom is -0.354 e. The lowest BCUT2D eigenvalue weighted by Crippen LogP contribution is -2.40. The van der Waals surface area contributed by atoms with E-state index in [2.05, 4.69) is 15.6 Å². The molecule has 4 rings (SSSR count). The average Bonchev–Trinajstić information content (AvgIpc) is 3.24. The SMILES string of the molecule is O=C(CCc1c(-c2ccc(F)cc2)[nH]c2cc(F)c(F)cc12)NC1CCNC1=O. The van der Waals surface area contributed by atoms with Gasteiger partial charge in [-0.25, -0.2) is 13.2 Å². The second kappa shape index (κ2) is 7.62. The van der Waals surface area contributed by atoms with Crippen LogP contribution < -0.4 is 10.6 Å². The van der Waals surface area contributed by atoms with Crippen molar-refractivity contribution in [2.45, 2.75) is 25.3 Å². The summed E-state index contributed by atoms with van der Waals surface area (Å²) in [4.78, 5) is 27.0. The van der Waals surface area contributed by atoms with Crippen LogP contribution in [-0.4, -0.2) is 29.4 Å². The normalized spacial score (nSPS) is 16.2. The average molecular weight is 401 g/mol. The maximum Gasteiger partial charge on any atom is 0.242 e. The number of aryl methyl sites for hydroxylation is 1. The number of amides is 2. The van der Waals surface area contributed by atoms with Crippen LogP contribution in [-0.2, 0) is 16.0 Å². The molecule has 0 bridgehead atoms. The highest BCUT2D eigenvalue weighted by Gasteiger charge is 2.25. The number of carbonyl (C=O) groups is 2. The maximum absolute atomic E-state index is 13.8. The molecule has 0 aliphatic carbocycles. The van der Waals surface area contributed by atoms with Crippen molar-refractivity contribution in [3.8, 4) is 11.3 Å². The molecule has 2 amide bonds. The first kappa shape index (κ1) is 19.0. The van der Waals surface area contributed by atoms with Crippen molar-refractivity contribution in [3.63, 3.8) is 0 Å². The number of fused-ring (bicyclic) bond motifs is 1. The van der Waals surface area contributed by atoms with Gasteiger partial charge in [-0.05, 0) is 54.3 Å². The predicted octanol–water partition coefficient (Wildman–Crippen LogP) is 3.19. The monoisotopic (exact) mass is 401 g/mol. The van der Waals surface area contributed by atoms with E-state index >= 15 is 0 Å². The molecule has 0 spiro atoms. The molecule has 2 aromatic carbocycles. The summed E-state index contributed by atoms with van der Waals surface area (Å²) in [6, 6.07) is 7.29. The highest BCUT2D eigenvalue weighted by molar-refractivity contribution is 5.92. The lowest BCUT2D eigenvalue weighted by atomic mass is 10.0. The topological polar surface area (TPSA) is 74.0 Å². The molecule has 3 N–H and O–H groups in total. The summed E-state index contributed by atoms with van der Waals surface area (Å²) < 4.78 is 40.8. The molecule has 1 aliphatic heterocycles. The van der Waals surface area contributed by atoms with E-state index in [0.717, 1.165) is 12.1 Å². The fraction of sp³-hybridized carbons (Fsp3) is 0.238. The summed E-state index contributed by atoms with van der Waals surface area (Å²) in [7, 11) is 0. The molecule has 3 aromatic rings. The van der Waals surface area contributed by atoms with Crippen LogP contribution in [0.2, 0.25) is 0 Å². The van der Waals surface area contributed by atoms with Crippen LogP contribution in [0.4, 0.5) is 13.2 Å². The molecule has 150 valence electrons. The number of H-pyrrole nitrogens is 1. The van der Waals surface area contributed by atoms with E-state index in [1.807, 2.05) is 0 Å². The number of hydrogen-bond donors (Lipinski definition) is 3. The van der Waals surface area contributed by atoms with E-state index in [-0.39, 0.29) is 24.7 Å².